The normalized spacial score (nSPS) is 10.3. The van der Waals surface area contributed by atoms with Crippen LogP contribution in [0.5, 0.6) is 0 Å². The average molecular weight is 325 g/mol. The average Bonchev–Trinajstić information content (AvgIpc) is 2.44. The Morgan fingerprint density at radius 2 is 1.76 bits per heavy atom. The van der Waals surface area contributed by atoms with Gasteiger partial charge in [0.1, 0.15) is 0 Å². The van der Waals surface area contributed by atoms with Crippen LogP contribution in [0, 0.1) is 0 Å². The Hall–Kier alpha value is -1.75. The molecule has 0 aliphatic carbocycles. The topological polar surface area (TPSA) is 52.6 Å². The van der Waals surface area contributed by atoms with Gasteiger partial charge in [-0.1, -0.05) is 47.5 Å². The van der Waals surface area contributed by atoms with Crippen LogP contribution in [0.3, 0.4) is 0 Å². The van der Waals surface area contributed by atoms with Crippen LogP contribution in [0.4, 0.5) is 11.4 Å². The number of amides is 1. The SMILES string of the molecule is CC(=O)N(O)Cc1ccccc1Nc1c(Cl)cccc1Cl. The van der Waals surface area contributed by atoms with Crippen molar-refractivity contribution in [3.63, 3.8) is 0 Å². The van der Waals surface area contributed by atoms with Crippen LogP contribution in [-0.2, 0) is 11.3 Å². The fourth-order valence-corrected chi connectivity index (χ4v) is 2.30. The molecule has 0 unspecified atom stereocenters. The van der Waals surface area contributed by atoms with Crippen LogP contribution in [0.1, 0.15) is 12.5 Å². The Bertz CT molecular complexity index is 642. The number of halogens is 2. The molecule has 0 aliphatic heterocycles. The molecule has 4 nitrogen and oxygen atoms in total. The summed E-state index contributed by atoms with van der Waals surface area (Å²) in [5.74, 6) is -0.430. The van der Waals surface area contributed by atoms with Gasteiger partial charge in [0.05, 0.1) is 22.3 Å². The van der Waals surface area contributed by atoms with Crippen molar-refractivity contribution in [3.05, 3.63) is 58.1 Å². The number of carbonyl (C=O) groups is 1. The van der Waals surface area contributed by atoms with Gasteiger partial charge in [-0.25, -0.2) is 5.06 Å². The second kappa shape index (κ2) is 6.80. The lowest BCUT2D eigenvalue weighted by Gasteiger charge is -2.17. The van der Waals surface area contributed by atoms with Gasteiger partial charge in [0.25, 0.3) is 0 Å². The van der Waals surface area contributed by atoms with Crippen molar-refractivity contribution < 1.29 is 10.0 Å². The monoisotopic (exact) mass is 324 g/mol. The number of carbonyl (C=O) groups excluding carboxylic acids is 1. The fourth-order valence-electron chi connectivity index (χ4n) is 1.80. The molecule has 0 spiro atoms. The first-order valence-corrected chi connectivity index (χ1v) is 7.00. The molecule has 6 heteroatoms. The molecule has 2 aromatic carbocycles. The Balaban J connectivity index is 2.30. The van der Waals surface area contributed by atoms with Gasteiger partial charge in [-0.3, -0.25) is 10.0 Å². The van der Waals surface area contributed by atoms with Crippen LogP contribution in [-0.4, -0.2) is 16.2 Å². The second-order valence-electron chi connectivity index (χ2n) is 4.46. The number of hydrogen-bond acceptors (Lipinski definition) is 3. The van der Waals surface area contributed by atoms with Crippen LogP contribution < -0.4 is 5.32 Å². The molecule has 0 aliphatic rings. The van der Waals surface area contributed by atoms with E-state index >= 15 is 0 Å². The summed E-state index contributed by atoms with van der Waals surface area (Å²) in [5, 5.41) is 14.4. The Morgan fingerprint density at radius 1 is 1.14 bits per heavy atom. The van der Waals surface area contributed by atoms with E-state index in [1.807, 2.05) is 18.2 Å². The lowest BCUT2D eigenvalue weighted by atomic mass is 10.1. The number of nitrogens with zero attached hydrogens (tertiary/aromatic N) is 1. The third-order valence-corrected chi connectivity index (χ3v) is 3.55. The van der Waals surface area contributed by atoms with E-state index < -0.39 is 5.91 Å². The van der Waals surface area contributed by atoms with Gasteiger partial charge in [-0.2, -0.15) is 0 Å². The molecule has 0 heterocycles. The summed E-state index contributed by atoms with van der Waals surface area (Å²) in [6.45, 7) is 1.36. The molecule has 0 saturated carbocycles. The largest absolute Gasteiger partial charge is 0.353 e. The molecule has 2 N–H and O–H groups in total. The molecule has 0 aromatic heterocycles. The number of anilines is 2. The van der Waals surface area contributed by atoms with Crippen molar-refractivity contribution in [2.75, 3.05) is 5.32 Å². The summed E-state index contributed by atoms with van der Waals surface area (Å²) >= 11 is 12.3. The van der Waals surface area contributed by atoms with Gasteiger partial charge in [0.2, 0.25) is 5.91 Å². The summed E-state index contributed by atoms with van der Waals surface area (Å²) < 4.78 is 0. The van der Waals surface area contributed by atoms with Crippen molar-refractivity contribution in [1.29, 1.82) is 0 Å². The third-order valence-electron chi connectivity index (χ3n) is 2.92. The summed E-state index contributed by atoms with van der Waals surface area (Å²) in [5.41, 5.74) is 2.04. The number of benzene rings is 2. The maximum atomic E-state index is 11.1. The zero-order chi connectivity index (χ0) is 15.4. The van der Waals surface area contributed by atoms with E-state index in [0.717, 1.165) is 5.56 Å². The third kappa shape index (κ3) is 3.88. The molecule has 2 rings (SSSR count). The summed E-state index contributed by atoms with van der Waals surface area (Å²) in [6.07, 6.45) is 0. The lowest BCUT2D eigenvalue weighted by molar-refractivity contribution is -0.165. The first-order valence-electron chi connectivity index (χ1n) is 6.25. The minimum atomic E-state index is -0.430. The van der Waals surface area contributed by atoms with Gasteiger partial charge in [-0.15, -0.1) is 0 Å². The molecular weight excluding hydrogens is 311 g/mol. The maximum Gasteiger partial charge on any atom is 0.243 e. The van der Waals surface area contributed by atoms with Gasteiger partial charge < -0.3 is 5.32 Å². The standard InChI is InChI=1S/C15H14Cl2N2O2/c1-10(20)19(21)9-11-5-2-3-8-14(11)18-15-12(16)6-4-7-13(15)17/h2-8,18,21H,9H2,1H3. The first kappa shape index (κ1) is 15.6. The highest BCUT2D eigenvalue weighted by Gasteiger charge is 2.11. The van der Waals surface area contributed by atoms with Gasteiger partial charge in [0.15, 0.2) is 0 Å². The maximum absolute atomic E-state index is 11.1. The van der Waals surface area contributed by atoms with Crippen LogP contribution in [0.2, 0.25) is 10.0 Å². The van der Waals surface area contributed by atoms with Gasteiger partial charge in [-0.05, 0) is 23.8 Å². The van der Waals surface area contributed by atoms with Crippen molar-refractivity contribution in [3.8, 4) is 0 Å². The zero-order valence-corrected chi connectivity index (χ0v) is 12.8. The van der Waals surface area contributed by atoms with E-state index in [-0.39, 0.29) is 6.54 Å². The van der Waals surface area contributed by atoms with Crippen molar-refractivity contribution >= 4 is 40.5 Å². The molecule has 0 bridgehead atoms. The summed E-state index contributed by atoms with van der Waals surface area (Å²) in [7, 11) is 0. The van der Waals surface area contributed by atoms with E-state index in [2.05, 4.69) is 5.32 Å². The van der Waals surface area contributed by atoms with Gasteiger partial charge in [0, 0.05) is 12.6 Å². The minimum Gasteiger partial charge on any atom is -0.353 e. The molecule has 0 fully saturated rings. The highest BCUT2D eigenvalue weighted by atomic mass is 35.5. The molecule has 2 aromatic rings. The van der Waals surface area contributed by atoms with Crippen LogP contribution in [0.25, 0.3) is 0 Å². The molecular formula is C15H14Cl2N2O2. The zero-order valence-electron chi connectivity index (χ0n) is 11.3. The smallest absolute Gasteiger partial charge is 0.243 e. The number of para-hydroxylation sites is 2. The van der Waals surface area contributed by atoms with E-state index in [0.29, 0.717) is 26.5 Å². The molecule has 1 amide bonds. The van der Waals surface area contributed by atoms with Crippen molar-refractivity contribution in [2.45, 2.75) is 13.5 Å². The Kier molecular flexibility index (Phi) is 5.07. The predicted molar refractivity (Wildman–Crippen MR) is 84.2 cm³/mol. The first-order chi connectivity index (χ1) is 9.99. The molecule has 110 valence electrons. The van der Waals surface area contributed by atoms with Crippen LogP contribution >= 0.6 is 23.2 Å². The van der Waals surface area contributed by atoms with Crippen LogP contribution in [0.15, 0.2) is 42.5 Å². The number of nitrogens with one attached hydrogen (secondary N) is 1. The Morgan fingerprint density at radius 3 is 2.38 bits per heavy atom. The van der Waals surface area contributed by atoms with Gasteiger partial charge >= 0.3 is 0 Å². The fraction of sp³-hybridized carbons (Fsp3) is 0.133. The highest BCUT2D eigenvalue weighted by Crippen LogP contribution is 2.33. The number of hydroxylamine groups is 2. The predicted octanol–water partition coefficient (Wildman–Crippen LogP) is 4.47. The summed E-state index contributed by atoms with van der Waals surface area (Å²) in [6, 6.07) is 12.5. The lowest BCUT2D eigenvalue weighted by Crippen LogP contribution is -2.24. The summed E-state index contributed by atoms with van der Waals surface area (Å²) in [4.78, 5) is 11.1. The molecule has 0 saturated heterocycles. The van der Waals surface area contributed by atoms with Crippen molar-refractivity contribution in [2.24, 2.45) is 0 Å². The molecule has 0 radical (unpaired) electrons. The number of hydrogen-bond donors (Lipinski definition) is 2. The Labute approximate surface area is 132 Å². The van der Waals surface area contributed by atoms with E-state index in [1.54, 1.807) is 24.3 Å². The minimum absolute atomic E-state index is 0.0700. The molecule has 21 heavy (non-hydrogen) atoms. The van der Waals surface area contributed by atoms with E-state index in [4.69, 9.17) is 23.2 Å². The number of rotatable bonds is 4. The molecule has 0 atom stereocenters. The second-order valence-corrected chi connectivity index (χ2v) is 5.27. The quantitative estimate of drug-likeness (QED) is 0.644. The highest BCUT2D eigenvalue weighted by molar-refractivity contribution is 6.39. The van der Waals surface area contributed by atoms with E-state index in [1.165, 1.54) is 6.92 Å². The van der Waals surface area contributed by atoms with Crippen molar-refractivity contribution in [1.82, 2.24) is 5.06 Å². The van der Waals surface area contributed by atoms with E-state index in [9.17, 15) is 10.0 Å².